The fraction of sp³-hybridized carbons (Fsp3) is 0.556. The van der Waals surface area contributed by atoms with E-state index >= 15 is 0 Å². The van der Waals surface area contributed by atoms with E-state index < -0.39 is 27.1 Å². The number of sulfonamides is 1. The van der Waals surface area contributed by atoms with E-state index in [1.165, 1.54) is 4.31 Å². The summed E-state index contributed by atoms with van der Waals surface area (Å²) >= 11 is 0. The van der Waals surface area contributed by atoms with Crippen LogP contribution in [0.25, 0.3) is 0 Å². The first kappa shape index (κ1) is 18.5. The number of hydrogen-bond acceptors (Lipinski definition) is 5. The Morgan fingerprint density at radius 3 is 2.56 bits per heavy atom. The van der Waals surface area contributed by atoms with Gasteiger partial charge in [-0.3, -0.25) is 0 Å². The molecule has 1 unspecified atom stereocenters. The highest BCUT2D eigenvalue weighted by Crippen LogP contribution is 2.46. The Morgan fingerprint density at radius 1 is 1.26 bits per heavy atom. The molecule has 0 amide bonds. The van der Waals surface area contributed by atoms with Gasteiger partial charge in [0.2, 0.25) is 15.9 Å². The van der Waals surface area contributed by atoms with E-state index in [0.29, 0.717) is 36.7 Å². The van der Waals surface area contributed by atoms with Crippen molar-refractivity contribution in [2.24, 2.45) is 5.92 Å². The lowest BCUT2D eigenvalue weighted by Gasteiger charge is -2.40. The van der Waals surface area contributed by atoms with Crippen LogP contribution in [0.4, 0.5) is 8.78 Å². The van der Waals surface area contributed by atoms with Crippen LogP contribution in [0.1, 0.15) is 43.8 Å². The molecule has 4 rings (SSSR count). The Morgan fingerprint density at radius 2 is 1.96 bits per heavy atom. The third kappa shape index (κ3) is 3.62. The Bertz CT molecular complexity index is 938. The number of piperidine rings is 1. The Kier molecular flexibility index (Phi) is 4.54. The van der Waals surface area contributed by atoms with Gasteiger partial charge in [0, 0.05) is 31.5 Å². The molecule has 27 heavy (non-hydrogen) atoms. The van der Waals surface area contributed by atoms with Crippen molar-refractivity contribution in [2.75, 3.05) is 13.1 Å². The van der Waals surface area contributed by atoms with Gasteiger partial charge in [0.15, 0.2) is 5.82 Å². The van der Waals surface area contributed by atoms with E-state index in [0.717, 1.165) is 37.8 Å². The summed E-state index contributed by atoms with van der Waals surface area (Å²) < 4.78 is 59.7. The number of benzene rings is 1. The highest BCUT2D eigenvalue weighted by atomic mass is 32.2. The molecule has 0 spiro atoms. The first-order valence-electron chi connectivity index (χ1n) is 9.06. The summed E-state index contributed by atoms with van der Waals surface area (Å²) in [6, 6.07) is 2.37. The maximum Gasteiger partial charge on any atom is 0.243 e. The summed E-state index contributed by atoms with van der Waals surface area (Å²) in [5.41, 5.74) is -0.532. The molecule has 146 valence electrons. The minimum Gasteiger partial charge on any atom is -0.340 e. The summed E-state index contributed by atoms with van der Waals surface area (Å²) in [7, 11) is -4.03. The number of halogens is 2. The molecule has 2 fully saturated rings. The second-order valence-electron chi connectivity index (χ2n) is 7.61. The van der Waals surface area contributed by atoms with E-state index in [2.05, 4.69) is 10.1 Å². The molecule has 1 saturated carbocycles. The topological polar surface area (TPSA) is 76.3 Å². The summed E-state index contributed by atoms with van der Waals surface area (Å²) in [5.74, 6) is -0.338. The van der Waals surface area contributed by atoms with Gasteiger partial charge in [0.25, 0.3) is 0 Å². The van der Waals surface area contributed by atoms with E-state index in [1.807, 2.05) is 0 Å². The van der Waals surface area contributed by atoms with Crippen LogP contribution in [0.5, 0.6) is 0 Å². The number of hydrogen-bond donors (Lipinski definition) is 0. The van der Waals surface area contributed by atoms with E-state index in [1.54, 1.807) is 6.92 Å². The first-order chi connectivity index (χ1) is 12.8. The van der Waals surface area contributed by atoms with Crippen LogP contribution < -0.4 is 0 Å². The second-order valence-corrected chi connectivity index (χ2v) is 9.55. The van der Waals surface area contributed by atoms with Gasteiger partial charge < -0.3 is 4.52 Å². The van der Waals surface area contributed by atoms with Gasteiger partial charge in [0.1, 0.15) is 11.6 Å². The van der Waals surface area contributed by atoms with Gasteiger partial charge in [-0.05, 0) is 37.3 Å². The molecule has 1 aliphatic heterocycles. The molecule has 2 aromatic rings. The van der Waals surface area contributed by atoms with Crippen molar-refractivity contribution in [3.05, 3.63) is 41.5 Å². The average molecular weight is 397 g/mol. The molecule has 6 nitrogen and oxygen atoms in total. The maximum absolute atomic E-state index is 13.6. The lowest BCUT2D eigenvalue weighted by atomic mass is 9.75. The van der Waals surface area contributed by atoms with Crippen molar-refractivity contribution in [3.63, 3.8) is 0 Å². The smallest absolute Gasteiger partial charge is 0.243 e. The van der Waals surface area contributed by atoms with Gasteiger partial charge in [-0.25, -0.2) is 17.2 Å². The molecular weight excluding hydrogens is 376 g/mol. The van der Waals surface area contributed by atoms with E-state index in [-0.39, 0.29) is 11.4 Å². The van der Waals surface area contributed by atoms with Crippen LogP contribution in [0.2, 0.25) is 0 Å². The zero-order valence-electron chi connectivity index (χ0n) is 15.0. The fourth-order valence-electron chi connectivity index (χ4n) is 3.95. The molecule has 0 N–H and O–H groups in total. The number of rotatable bonds is 5. The largest absolute Gasteiger partial charge is 0.340 e. The molecule has 1 aliphatic carbocycles. The molecular formula is C18H21F2N3O3S. The minimum atomic E-state index is -4.03. The molecule has 0 radical (unpaired) electrons. The lowest BCUT2D eigenvalue weighted by molar-refractivity contribution is 0.190. The lowest BCUT2D eigenvalue weighted by Crippen LogP contribution is -2.49. The van der Waals surface area contributed by atoms with Gasteiger partial charge in [0.05, 0.1) is 4.90 Å². The van der Waals surface area contributed by atoms with E-state index in [9.17, 15) is 17.2 Å². The highest BCUT2D eigenvalue weighted by molar-refractivity contribution is 7.89. The Labute approximate surface area is 156 Å². The van der Waals surface area contributed by atoms with Crippen molar-refractivity contribution in [1.29, 1.82) is 0 Å². The second kappa shape index (κ2) is 6.63. The van der Waals surface area contributed by atoms with Crippen LogP contribution in [0, 0.1) is 24.5 Å². The SMILES string of the molecule is Cc1nc(C2(CC3CC3)CCCN(S(=O)(=O)c3cc(F)cc(F)c3)C2)no1. The van der Waals surface area contributed by atoms with Gasteiger partial charge in [-0.2, -0.15) is 9.29 Å². The quantitative estimate of drug-likeness (QED) is 0.775. The van der Waals surface area contributed by atoms with Crippen LogP contribution >= 0.6 is 0 Å². The Balaban J connectivity index is 1.69. The van der Waals surface area contributed by atoms with Crippen molar-refractivity contribution < 1.29 is 21.7 Å². The molecule has 1 atom stereocenters. The zero-order valence-corrected chi connectivity index (χ0v) is 15.8. The van der Waals surface area contributed by atoms with Crippen LogP contribution in [-0.4, -0.2) is 36.0 Å². The van der Waals surface area contributed by atoms with Crippen LogP contribution in [0.3, 0.4) is 0 Å². The van der Waals surface area contributed by atoms with E-state index in [4.69, 9.17) is 4.52 Å². The highest BCUT2D eigenvalue weighted by Gasteiger charge is 2.47. The summed E-state index contributed by atoms with van der Waals surface area (Å²) in [6.45, 7) is 2.18. The third-order valence-corrected chi connectivity index (χ3v) is 7.22. The predicted octanol–water partition coefficient (Wildman–Crippen LogP) is 3.18. The Hall–Kier alpha value is -1.87. The number of nitrogens with zero attached hydrogens (tertiary/aromatic N) is 3. The molecule has 0 bridgehead atoms. The van der Waals surface area contributed by atoms with Crippen LogP contribution in [-0.2, 0) is 15.4 Å². The van der Waals surface area contributed by atoms with Crippen molar-refractivity contribution >= 4 is 10.0 Å². The average Bonchev–Trinajstić information content (AvgIpc) is 3.30. The van der Waals surface area contributed by atoms with Crippen LogP contribution in [0.15, 0.2) is 27.6 Å². The molecule has 1 aromatic carbocycles. The minimum absolute atomic E-state index is 0.183. The van der Waals surface area contributed by atoms with Gasteiger partial charge in [-0.15, -0.1) is 0 Å². The number of aromatic nitrogens is 2. The number of aryl methyl sites for hydroxylation is 1. The maximum atomic E-state index is 13.6. The molecule has 2 heterocycles. The molecule has 1 saturated heterocycles. The van der Waals surface area contributed by atoms with Crippen molar-refractivity contribution in [2.45, 2.75) is 49.3 Å². The van der Waals surface area contributed by atoms with Crippen molar-refractivity contribution in [1.82, 2.24) is 14.4 Å². The zero-order chi connectivity index (χ0) is 19.2. The standard InChI is InChI=1S/C18H21F2N3O3S/c1-12-21-17(22-26-12)18(10-13-3-4-13)5-2-6-23(11-18)27(24,25)16-8-14(19)7-15(20)9-16/h7-9,13H,2-6,10-11H2,1H3. The van der Waals surface area contributed by atoms with Gasteiger partial charge >= 0.3 is 0 Å². The van der Waals surface area contributed by atoms with Crippen molar-refractivity contribution in [3.8, 4) is 0 Å². The fourth-order valence-corrected chi connectivity index (χ4v) is 5.56. The predicted molar refractivity (Wildman–Crippen MR) is 92.4 cm³/mol. The summed E-state index contributed by atoms with van der Waals surface area (Å²) in [5, 5.41) is 4.08. The first-order valence-corrected chi connectivity index (χ1v) is 10.5. The molecule has 9 heteroatoms. The van der Waals surface area contributed by atoms with Gasteiger partial charge in [-0.1, -0.05) is 18.0 Å². The molecule has 1 aromatic heterocycles. The summed E-state index contributed by atoms with van der Waals surface area (Å²) in [4.78, 5) is 4.02. The monoisotopic (exact) mass is 397 g/mol. The normalized spacial score (nSPS) is 24.3. The molecule has 2 aliphatic rings. The summed E-state index contributed by atoms with van der Waals surface area (Å²) in [6.07, 6.45) is 4.39. The third-order valence-electron chi connectivity index (χ3n) is 5.39.